The number of carbonyl (C=O) groups is 3. The van der Waals surface area contributed by atoms with E-state index in [0.29, 0.717) is 35.9 Å². The van der Waals surface area contributed by atoms with Crippen LogP contribution in [0.25, 0.3) is 0 Å². The molecule has 7 heteroatoms. The van der Waals surface area contributed by atoms with E-state index in [1.54, 1.807) is 23.3 Å². The number of ether oxygens (including phenoxy) is 1. The van der Waals surface area contributed by atoms with Crippen LogP contribution in [0.4, 0.5) is 5.69 Å². The summed E-state index contributed by atoms with van der Waals surface area (Å²) in [5.41, 5.74) is 0.624. The van der Waals surface area contributed by atoms with E-state index in [9.17, 15) is 14.4 Å². The highest BCUT2D eigenvalue weighted by atomic mass is 32.2. The molecular formula is C14H17NO4S2. The molecule has 1 atom stereocenters. The van der Waals surface area contributed by atoms with E-state index in [2.05, 4.69) is 0 Å². The smallest absolute Gasteiger partial charge is 0.350 e. The summed E-state index contributed by atoms with van der Waals surface area (Å²) in [7, 11) is 0. The van der Waals surface area contributed by atoms with Crippen molar-refractivity contribution in [1.82, 2.24) is 0 Å². The van der Waals surface area contributed by atoms with Gasteiger partial charge in [0.2, 0.25) is 5.91 Å². The number of thiophene rings is 1. The summed E-state index contributed by atoms with van der Waals surface area (Å²) in [5, 5.41) is 1.84. The molecular weight excluding hydrogens is 310 g/mol. The fourth-order valence-electron chi connectivity index (χ4n) is 2.23. The van der Waals surface area contributed by atoms with Crippen LogP contribution in [0.3, 0.4) is 0 Å². The Bertz CT molecular complexity index is 555. The Balaban J connectivity index is 2.09. The Labute approximate surface area is 131 Å². The van der Waals surface area contributed by atoms with Crippen LogP contribution in [0.1, 0.15) is 29.9 Å². The van der Waals surface area contributed by atoms with E-state index in [4.69, 9.17) is 4.74 Å². The average Bonchev–Trinajstić information content (AvgIpc) is 3.02. The predicted octanol–water partition coefficient (Wildman–Crippen LogP) is 2.56. The molecule has 1 saturated heterocycles. The number of hydrogen-bond acceptors (Lipinski definition) is 6. The van der Waals surface area contributed by atoms with E-state index in [1.807, 2.05) is 0 Å². The highest BCUT2D eigenvalue weighted by molar-refractivity contribution is 8.13. The van der Waals surface area contributed by atoms with Gasteiger partial charge in [-0.1, -0.05) is 11.8 Å². The van der Waals surface area contributed by atoms with Crippen molar-refractivity contribution in [2.75, 3.05) is 23.8 Å². The summed E-state index contributed by atoms with van der Waals surface area (Å²) in [6, 6.07) is 1.77. The molecule has 1 aliphatic heterocycles. The molecule has 2 heterocycles. The largest absolute Gasteiger partial charge is 0.462 e. The molecule has 0 spiro atoms. The summed E-state index contributed by atoms with van der Waals surface area (Å²) < 4.78 is 5.01. The molecule has 0 N–H and O–H groups in total. The van der Waals surface area contributed by atoms with Crippen LogP contribution in [0.5, 0.6) is 0 Å². The fourth-order valence-corrected chi connectivity index (χ4v) is 3.71. The van der Waals surface area contributed by atoms with E-state index in [0.717, 1.165) is 0 Å². The fraction of sp³-hybridized carbons (Fsp3) is 0.500. The van der Waals surface area contributed by atoms with Crippen LogP contribution in [-0.2, 0) is 14.3 Å². The van der Waals surface area contributed by atoms with Crippen LogP contribution >= 0.6 is 23.1 Å². The van der Waals surface area contributed by atoms with Crippen LogP contribution < -0.4 is 4.90 Å². The maximum absolute atomic E-state index is 12.1. The number of hydrogen-bond donors (Lipinski definition) is 0. The van der Waals surface area contributed by atoms with E-state index in [-0.39, 0.29) is 16.9 Å². The van der Waals surface area contributed by atoms with Gasteiger partial charge in [-0.05, 0) is 24.3 Å². The molecule has 0 bridgehead atoms. The van der Waals surface area contributed by atoms with Crippen molar-refractivity contribution in [3.8, 4) is 0 Å². The van der Waals surface area contributed by atoms with Crippen molar-refractivity contribution >= 4 is 45.8 Å². The third-order valence-corrected chi connectivity index (χ3v) is 5.05. The van der Waals surface area contributed by atoms with E-state index in [1.165, 1.54) is 30.0 Å². The quantitative estimate of drug-likeness (QED) is 0.778. The first-order valence-corrected chi connectivity index (χ1v) is 8.57. The lowest BCUT2D eigenvalue weighted by Crippen LogP contribution is -2.26. The lowest BCUT2D eigenvalue weighted by atomic mass is 10.1. The van der Waals surface area contributed by atoms with Gasteiger partial charge in [0.1, 0.15) is 4.88 Å². The molecule has 0 aliphatic carbocycles. The first kappa shape index (κ1) is 16.0. The summed E-state index contributed by atoms with van der Waals surface area (Å²) in [6.07, 6.45) is 0.415. The van der Waals surface area contributed by atoms with Gasteiger partial charge in [0.05, 0.1) is 12.3 Å². The minimum Gasteiger partial charge on any atom is -0.462 e. The number of rotatable bonds is 5. The zero-order chi connectivity index (χ0) is 15.4. The van der Waals surface area contributed by atoms with Crippen LogP contribution in [0.15, 0.2) is 11.4 Å². The standard InChI is InChI=1S/C14H17NO4S2/c1-3-19-14(18)13-11(4-5-20-13)15-7-10(6-12(15)17)8-21-9(2)16/h4-5,10H,3,6-8H2,1-2H3. The number of nitrogens with zero attached hydrogens (tertiary/aromatic N) is 1. The number of esters is 1. The Morgan fingerprint density at radius 1 is 1.52 bits per heavy atom. The van der Waals surface area contributed by atoms with Crippen molar-refractivity contribution in [2.45, 2.75) is 20.3 Å². The second kappa shape index (κ2) is 7.09. The first-order valence-electron chi connectivity index (χ1n) is 6.71. The maximum Gasteiger partial charge on any atom is 0.350 e. The minimum absolute atomic E-state index is 0.00639. The topological polar surface area (TPSA) is 63.7 Å². The number of amides is 1. The van der Waals surface area contributed by atoms with E-state index < -0.39 is 5.97 Å². The van der Waals surface area contributed by atoms with Gasteiger partial charge in [0, 0.05) is 25.6 Å². The van der Waals surface area contributed by atoms with Crippen molar-refractivity contribution in [3.63, 3.8) is 0 Å². The second-order valence-electron chi connectivity index (χ2n) is 4.73. The molecule has 0 aromatic carbocycles. The molecule has 1 fully saturated rings. The molecule has 0 radical (unpaired) electrons. The van der Waals surface area contributed by atoms with Crippen molar-refractivity contribution in [2.24, 2.45) is 5.92 Å². The van der Waals surface area contributed by atoms with Gasteiger partial charge in [-0.2, -0.15) is 0 Å². The van der Waals surface area contributed by atoms with Crippen molar-refractivity contribution < 1.29 is 19.1 Å². The highest BCUT2D eigenvalue weighted by Crippen LogP contribution is 2.33. The van der Waals surface area contributed by atoms with Crippen LogP contribution in [0.2, 0.25) is 0 Å². The van der Waals surface area contributed by atoms with Gasteiger partial charge in [-0.3, -0.25) is 9.59 Å². The van der Waals surface area contributed by atoms with Gasteiger partial charge in [-0.15, -0.1) is 11.3 Å². The molecule has 0 saturated carbocycles. The predicted molar refractivity (Wildman–Crippen MR) is 83.9 cm³/mol. The molecule has 114 valence electrons. The lowest BCUT2D eigenvalue weighted by Gasteiger charge is -2.16. The third-order valence-electron chi connectivity index (χ3n) is 3.12. The van der Waals surface area contributed by atoms with Crippen LogP contribution in [0, 0.1) is 5.92 Å². The minimum atomic E-state index is -0.392. The first-order chi connectivity index (χ1) is 10.0. The lowest BCUT2D eigenvalue weighted by molar-refractivity contribution is -0.117. The molecule has 1 aromatic rings. The third kappa shape index (κ3) is 3.85. The summed E-state index contributed by atoms with van der Waals surface area (Å²) in [5.74, 6) is 0.377. The van der Waals surface area contributed by atoms with Crippen molar-refractivity contribution in [1.29, 1.82) is 0 Å². The molecule has 1 aliphatic rings. The number of anilines is 1. The van der Waals surface area contributed by atoms with Gasteiger partial charge >= 0.3 is 5.97 Å². The molecule has 21 heavy (non-hydrogen) atoms. The Morgan fingerprint density at radius 3 is 2.95 bits per heavy atom. The van der Waals surface area contributed by atoms with Gasteiger partial charge in [0.15, 0.2) is 5.12 Å². The summed E-state index contributed by atoms with van der Waals surface area (Å²) >= 11 is 2.52. The Morgan fingerprint density at radius 2 is 2.29 bits per heavy atom. The zero-order valence-corrected chi connectivity index (χ0v) is 13.6. The monoisotopic (exact) mass is 327 g/mol. The molecule has 2 rings (SSSR count). The maximum atomic E-state index is 12.1. The number of carbonyl (C=O) groups excluding carboxylic acids is 3. The van der Waals surface area contributed by atoms with Crippen LogP contribution in [-0.4, -0.2) is 35.9 Å². The average molecular weight is 327 g/mol. The Hall–Kier alpha value is -1.34. The second-order valence-corrected chi connectivity index (χ2v) is 6.85. The van der Waals surface area contributed by atoms with Gasteiger partial charge in [0.25, 0.3) is 0 Å². The molecule has 1 unspecified atom stereocenters. The van der Waals surface area contributed by atoms with Gasteiger partial charge < -0.3 is 9.64 Å². The Kier molecular flexibility index (Phi) is 5.41. The van der Waals surface area contributed by atoms with Crippen molar-refractivity contribution in [3.05, 3.63) is 16.3 Å². The zero-order valence-electron chi connectivity index (χ0n) is 12.0. The molecule has 5 nitrogen and oxygen atoms in total. The molecule has 1 amide bonds. The van der Waals surface area contributed by atoms with Gasteiger partial charge in [-0.25, -0.2) is 4.79 Å². The van der Waals surface area contributed by atoms with E-state index >= 15 is 0 Å². The molecule has 1 aromatic heterocycles. The normalized spacial score (nSPS) is 18.1. The summed E-state index contributed by atoms with van der Waals surface area (Å²) in [4.78, 5) is 37.1. The number of thioether (sulfide) groups is 1. The summed E-state index contributed by atoms with van der Waals surface area (Å²) in [6.45, 7) is 4.13. The SMILES string of the molecule is CCOC(=O)c1sccc1N1CC(CSC(C)=O)CC1=O. The highest BCUT2D eigenvalue weighted by Gasteiger charge is 2.33.